The van der Waals surface area contributed by atoms with E-state index in [9.17, 15) is 9.59 Å². The monoisotopic (exact) mass is 318 g/mol. The van der Waals surface area contributed by atoms with Crippen LogP contribution in [0.1, 0.15) is 28.8 Å². The molecule has 3 rings (SSSR count). The number of thiocarbonyl (C=S) groups is 1. The van der Waals surface area contributed by atoms with Crippen LogP contribution in [0, 0.1) is 0 Å². The number of hydrogen-bond acceptors (Lipinski definition) is 4. The Balaban J connectivity index is 1.73. The van der Waals surface area contributed by atoms with Gasteiger partial charge >= 0.3 is 0 Å². The molecule has 1 saturated heterocycles. The molecule has 1 aromatic carbocycles. The lowest BCUT2D eigenvalue weighted by molar-refractivity contribution is -0.121. The van der Waals surface area contributed by atoms with Crippen LogP contribution in [0.2, 0.25) is 0 Å². The van der Waals surface area contributed by atoms with Gasteiger partial charge < -0.3 is 5.32 Å². The highest BCUT2D eigenvalue weighted by Crippen LogP contribution is 2.31. The summed E-state index contributed by atoms with van der Waals surface area (Å²) in [5, 5.41) is 2.95. The maximum absolute atomic E-state index is 11.9. The Hall–Kier alpha value is -1.66. The van der Waals surface area contributed by atoms with Gasteiger partial charge in [0.2, 0.25) is 0 Å². The summed E-state index contributed by atoms with van der Waals surface area (Å²) in [5.74, 6) is -0.121. The third-order valence-corrected chi connectivity index (χ3v) is 4.85. The number of carbonyl (C=O) groups is 2. The molecule has 0 aromatic heterocycles. The normalized spacial score (nSPS) is 20.2. The zero-order valence-electron chi connectivity index (χ0n) is 11.5. The molecule has 0 atom stereocenters. The fourth-order valence-electron chi connectivity index (χ4n) is 1.92. The molecular formula is C15H14N2O2S2. The van der Waals surface area contributed by atoms with E-state index in [1.807, 2.05) is 12.1 Å². The Kier molecular flexibility index (Phi) is 3.82. The third-order valence-electron chi connectivity index (χ3n) is 3.37. The Morgan fingerprint density at radius 1 is 1.38 bits per heavy atom. The summed E-state index contributed by atoms with van der Waals surface area (Å²) >= 11 is 6.38. The first-order valence-corrected chi connectivity index (χ1v) is 7.89. The molecule has 1 aliphatic heterocycles. The fraction of sp³-hybridized carbons (Fsp3) is 0.267. The second-order valence-corrected chi connectivity index (χ2v) is 6.79. The van der Waals surface area contributed by atoms with Crippen molar-refractivity contribution in [1.29, 1.82) is 0 Å². The molecule has 1 N–H and O–H groups in total. The number of hydrogen-bond donors (Lipinski definition) is 1. The smallest absolute Gasteiger partial charge is 0.265 e. The number of benzene rings is 1. The SMILES string of the molecule is CN1C(=O)/C(=C/c2ccc(C(=O)NC3CC3)cc2)SC1=S. The van der Waals surface area contributed by atoms with Gasteiger partial charge in [-0.3, -0.25) is 14.5 Å². The van der Waals surface area contributed by atoms with Gasteiger partial charge in [0.15, 0.2) is 0 Å². The van der Waals surface area contributed by atoms with Crippen molar-refractivity contribution < 1.29 is 9.59 Å². The lowest BCUT2D eigenvalue weighted by atomic mass is 10.1. The first-order valence-electron chi connectivity index (χ1n) is 6.67. The van der Waals surface area contributed by atoms with Crippen molar-refractivity contribution >= 4 is 46.2 Å². The van der Waals surface area contributed by atoms with Crippen LogP contribution in [0.25, 0.3) is 6.08 Å². The van der Waals surface area contributed by atoms with E-state index in [1.54, 1.807) is 25.3 Å². The minimum Gasteiger partial charge on any atom is -0.349 e. The van der Waals surface area contributed by atoms with E-state index in [1.165, 1.54) is 16.7 Å². The summed E-state index contributed by atoms with van der Waals surface area (Å²) in [7, 11) is 1.67. The average Bonchev–Trinajstić information content (AvgIpc) is 3.25. The molecule has 108 valence electrons. The molecule has 2 amide bonds. The Bertz CT molecular complexity index is 648. The number of carbonyl (C=O) groups excluding carboxylic acids is 2. The minimum atomic E-state index is -0.0828. The average molecular weight is 318 g/mol. The first-order chi connectivity index (χ1) is 10.0. The fourth-order valence-corrected chi connectivity index (χ4v) is 3.10. The van der Waals surface area contributed by atoms with Crippen LogP contribution < -0.4 is 5.32 Å². The second kappa shape index (κ2) is 5.61. The third kappa shape index (κ3) is 3.16. The standard InChI is InChI=1S/C15H14N2O2S2/c1-17-14(19)12(21-15(17)20)8-9-2-4-10(5-3-9)13(18)16-11-6-7-11/h2-5,8,11H,6-7H2,1H3,(H,16,18)/b12-8-. The number of likely N-dealkylation sites (N-methyl/N-ethyl adjacent to an activating group) is 1. The molecule has 1 heterocycles. The zero-order chi connectivity index (χ0) is 15.0. The highest BCUT2D eigenvalue weighted by atomic mass is 32.2. The second-order valence-electron chi connectivity index (χ2n) is 5.11. The molecule has 1 saturated carbocycles. The van der Waals surface area contributed by atoms with Crippen LogP contribution in [0.5, 0.6) is 0 Å². The summed E-state index contributed by atoms with van der Waals surface area (Å²) in [4.78, 5) is 25.9. The van der Waals surface area contributed by atoms with Gasteiger partial charge in [0.1, 0.15) is 4.32 Å². The van der Waals surface area contributed by atoms with Gasteiger partial charge in [0.25, 0.3) is 11.8 Å². The number of nitrogens with one attached hydrogen (secondary N) is 1. The first kappa shape index (κ1) is 14.3. The lowest BCUT2D eigenvalue weighted by Crippen LogP contribution is -2.25. The topological polar surface area (TPSA) is 49.4 Å². The largest absolute Gasteiger partial charge is 0.349 e. The molecule has 1 aliphatic carbocycles. The van der Waals surface area contributed by atoms with Crippen LogP contribution in [-0.4, -0.2) is 34.1 Å². The van der Waals surface area contributed by atoms with Gasteiger partial charge in [0, 0.05) is 18.7 Å². The molecule has 0 radical (unpaired) electrons. The van der Waals surface area contributed by atoms with Crippen molar-refractivity contribution in [3.8, 4) is 0 Å². The molecule has 0 unspecified atom stereocenters. The number of amides is 2. The van der Waals surface area contributed by atoms with Crippen molar-refractivity contribution in [2.45, 2.75) is 18.9 Å². The number of rotatable bonds is 3. The number of thioether (sulfide) groups is 1. The summed E-state index contributed by atoms with van der Waals surface area (Å²) in [5.41, 5.74) is 1.52. The van der Waals surface area contributed by atoms with Gasteiger partial charge in [-0.25, -0.2) is 0 Å². The van der Waals surface area contributed by atoms with Gasteiger partial charge in [-0.15, -0.1) is 0 Å². The predicted molar refractivity (Wildman–Crippen MR) is 87.9 cm³/mol. The predicted octanol–water partition coefficient (Wildman–Crippen LogP) is 2.41. The molecule has 0 bridgehead atoms. The van der Waals surface area contributed by atoms with Crippen LogP contribution in [0.3, 0.4) is 0 Å². The maximum atomic E-state index is 11.9. The van der Waals surface area contributed by atoms with E-state index in [4.69, 9.17) is 12.2 Å². The van der Waals surface area contributed by atoms with Crippen molar-refractivity contribution in [3.05, 3.63) is 40.3 Å². The van der Waals surface area contributed by atoms with Gasteiger partial charge in [-0.1, -0.05) is 36.1 Å². The van der Waals surface area contributed by atoms with Gasteiger partial charge in [-0.2, -0.15) is 0 Å². The van der Waals surface area contributed by atoms with Crippen molar-refractivity contribution in [3.63, 3.8) is 0 Å². The molecule has 2 fully saturated rings. The van der Waals surface area contributed by atoms with Crippen LogP contribution in [-0.2, 0) is 4.79 Å². The molecular weight excluding hydrogens is 304 g/mol. The van der Waals surface area contributed by atoms with Crippen molar-refractivity contribution in [1.82, 2.24) is 10.2 Å². The summed E-state index contributed by atoms with van der Waals surface area (Å²) in [6.07, 6.45) is 3.94. The molecule has 1 aromatic rings. The molecule has 6 heteroatoms. The molecule has 21 heavy (non-hydrogen) atoms. The summed E-state index contributed by atoms with van der Waals surface area (Å²) in [6.45, 7) is 0. The van der Waals surface area contributed by atoms with Crippen LogP contribution in [0.4, 0.5) is 0 Å². The van der Waals surface area contributed by atoms with Crippen molar-refractivity contribution in [2.75, 3.05) is 7.05 Å². The van der Waals surface area contributed by atoms with Crippen LogP contribution in [0.15, 0.2) is 29.2 Å². The van der Waals surface area contributed by atoms with Gasteiger partial charge in [0.05, 0.1) is 4.91 Å². The van der Waals surface area contributed by atoms with Gasteiger partial charge in [-0.05, 0) is 36.6 Å². The maximum Gasteiger partial charge on any atom is 0.265 e. The molecule has 2 aliphatic rings. The zero-order valence-corrected chi connectivity index (χ0v) is 13.1. The molecule has 4 nitrogen and oxygen atoms in total. The highest BCUT2D eigenvalue weighted by molar-refractivity contribution is 8.26. The van der Waals surface area contributed by atoms with E-state index in [0.29, 0.717) is 20.8 Å². The number of nitrogens with zero attached hydrogens (tertiary/aromatic N) is 1. The Morgan fingerprint density at radius 3 is 2.57 bits per heavy atom. The summed E-state index contributed by atoms with van der Waals surface area (Å²) < 4.78 is 0.562. The summed E-state index contributed by atoms with van der Waals surface area (Å²) in [6, 6.07) is 7.57. The highest BCUT2D eigenvalue weighted by Gasteiger charge is 2.28. The Morgan fingerprint density at radius 2 is 2.05 bits per heavy atom. The van der Waals surface area contributed by atoms with E-state index in [0.717, 1.165) is 18.4 Å². The molecule has 0 spiro atoms. The van der Waals surface area contributed by atoms with E-state index in [2.05, 4.69) is 5.32 Å². The van der Waals surface area contributed by atoms with Crippen LogP contribution >= 0.6 is 24.0 Å². The van der Waals surface area contributed by atoms with E-state index < -0.39 is 0 Å². The van der Waals surface area contributed by atoms with E-state index >= 15 is 0 Å². The minimum absolute atomic E-state index is 0.0380. The van der Waals surface area contributed by atoms with E-state index in [-0.39, 0.29) is 11.8 Å². The Labute approximate surface area is 132 Å². The quantitative estimate of drug-likeness (QED) is 0.687. The lowest BCUT2D eigenvalue weighted by Gasteiger charge is -2.04. The van der Waals surface area contributed by atoms with Crippen molar-refractivity contribution in [2.24, 2.45) is 0 Å².